The number of aromatic nitrogens is 3. The number of rotatable bonds is 6. The molecule has 170 valence electrons. The molecule has 0 aliphatic carbocycles. The van der Waals surface area contributed by atoms with Crippen LogP contribution in [-0.2, 0) is 4.74 Å². The second-order valence-electron chi connectivity index (χ2n) is 7.71. The summed E-state index contributed by atoms with van der Waals surface area (Å²) in [5, 5.41) is 10.1. The zero-order valence-corrected chi connectivity index (χ0v) is 19.7. The molecule has 1 N–H and O–H groups in total. The first kappa shape index (κ1) is 22.5. The van der Waals surface area contributed by atoms with Gasteiger partial charge >= 0.3 is 6.09 Å². The van der Waals surface area contributed by atoms with Crippen molar-refractivity contribution in [3.8, 4) is 10.6 Å². The summed E-state index contributed by atoms with van der Waals surface area (Å²) in [4.78, 5) is 32.4. The van der Waals surface area contributed by atoms with E-state index >= 15 is 0 Å². The van der Waals surface area contributed by atoms with Crippen LogP contribution in [-0.4, -0.2) is 40.4 Å². The Bertz CT molecular complexity index is 1280. The summed E-state index contributed by atoms with van der Waals surface area (Å²) in [5.74, 6) is -0.255. The predicted octanol–water partition coefficient (Wildman–Crippen LogP) is 5.59. The Morgan fingerprint density at radius 1 is 1.21 bits per heavy atom. The average molecular weight is 464 g/mol. The molecule has 4 rings (SSSR count). The van der Waals surface area contributed by atoms with Gasteiger partial charge in [0.25, 0.3) is 5.91 Å². The van der Waals surface area contributed by atoms with Crippen molar-refractivity contribution in [3.63, 3.8) is 0 Å². The number of fused-ring (bicyclic) bond motifs is 1. The summed E-state index contributed by atoms with van der Waals surface area (Å²) < 4.78 is 6.84. The van der Waals surface area contributed by atoms with E-state index in [1.54, 1.807) is 61.8 Å². The molecule has 0 bridgehead atoms. The molecule has 4 aromatic rings. The van der Waals surface area contributed by atoms with Crippen LogP contribution in [0.25, 0.3) is 21.6 Å². The van der Waals surface area contributed by atoms with Crippen LogP contribution in [0, 0.1) is 0 Å². The van der Waals surface area contributed by atoms with Gasteiger partial charge in [-0.3, -0.25) is 9.69 Å². The number of hydrogen-bond acceptors (Lipinski definition) is 6. The highest BCUT2D eigenvalue weighted by Gasteiger charge is 2.19. The van der Waals surface area contributed by atoms with Crippen LogP contribution >= 0.6 is 11.3 Å². The van der Waals surface area contributed by atoms with Crippen LogP contribution in [0.4, 0.5) is 16.2 Å². The maximum atomic E-state index is 13.3. The van der Waals surface area contributed by atoms with Crippen LogP contribution in [0.3, 0.4) is 0 Å². The minimum Gasteiger partial charge on any atom is -0.449 e. The first-order chi connectivity index (χ1) is 15.9. The van der Waals surface area contributed by atoms with Crippen molar-refractivity contribution >= 4 is 45.7 Å². The van der Waals surface area contributed by atoms with E-state index in [-0.39, 0.29) is 11.9 Å². The molecule has 0 aliphatic rings. The van der Waals surface area contributed by atoms with Crippen LogP contribution in [0.1, 0.15) is 37.2 Å². The summed E-state index contributed by atoms with van der Waals surface area (Å²) >= 11 is 1.57. The molecule has 9 heteroatoms. The zero-order valence-electron chi connectivity index (χ0n) is 18.9. The Morgan fingerprint density at radius 2 is 1.97 bits per heavy atom. The first-order valence-electron chi connectivity index (χ1n) is 10.6. The molecule has 0 atom stereocenters. The lowest BCUT2D eigenvalue weighted by Gasteiger charge is -2.17. The third-order valence-electron chi connectivity index (χ3n) is 5.13. The number of thiophene rings is 1. The number of carbonyl (C=O) groups is 2. The molecule has 8 nitrogen and oxygen atoms in total. The first-order valence-corrected chi connectivity index (χ1v) is 11.5. The average Bonchev–Trinajstić information content (AvgIpc) is 3.48. The summed E-state index contributed by atoms with van der Waals surface area (Å²) in [5.41, 5.74) is 3.18. The van der Waals surface area contributed by atoms with Crippen LogP contribution < -0.4 is 10.2 Å². The van der Waals surface area contributed by atoms with Crippen molar-refractivity contribution in [2.75, 3.05) is 23.9 Å². The quantitative estimate of drug-likeness (QED) is 0.403. The van der Waals surface area contributed by atoms with Crippen molar-refractivity contribution in [1.29, 1.82) is 0 Å². The highest BCUT2D eigenvalue weighted by Crippen LogP contribution is 2.29. The Kier molecular flexibility index (Phi) is 6.41. The third-order valence-corrected chi connectivity index (χ3v) is 6.02. The van der Waals surface area contributed by atoms with Crippen LogP contribution in [0.2, 0.25) is 0 Å². The lowest BCUT2D eigenvalue weighted by molar-refractivity contribution is 0.102. The molecule has 0 spiro atoms. The largest absolute Gasteiger partial charge is 0.449 e. The zero-order chi connectivity index (χ0) is 23.5. The molecule has 0 fully saturated rings. The Morgan fingerprint density at radius 3 is 2.61 bits per heavy atom. The second-order valence-corrected chi connectivity index (χ2v) is 8.66. The summed E-state index contributed by atoms with van der Waals surface area (Å²) in [6.45, 7) is 6.12. The fraction of sp³-hybridized carbons (Fsp3) is 0.250. The van der Waals surface area contributed by atoms with E-state index in [0.717, 1.165) is 10.6 Å². The molecular formula is C24H25N5O3S. The van der Waals surface area contributed by atoms with Gasteiger partial charge in [-0.2, -0.15) is 5.10 Å². The smallest absolute Gasteiger partial charge is 0.413 e. The van der Waals surface area contributed by atoms with Crippen molar-refractivity contribution in [2.45, 2.75) is 26.8 Å². The lowest BCUT2D eigenvalue weighted by atomic mass is 10.1. The molecule has 33 heavy (non-hydrogen) atoms. The minimum absolute atomic E-state index is 0.105. The van der Waals surface area contributed by atoms with Crippen molar-refractivity contribution < 1.29 is 14.3 Å². The lowest BCUT2D eigenvalue weighted by Crippen LogP contribution is -2.26. The molecule has 1 aromatic carbocycles. The summed E-state index contributed by atoms with van der Waals surface area (Å²) in [6, 6.07) is 12.9. The van der Waals surface area contributed by atoms with Crippen LogP contribution in [0.5, 0.6) is 0 Å². The molecule has 3 aromatic heterocycles. The molecule has 0 radical (unpaired) electrons. The predicted molar refractivity (Wildman–Crippen MR) is 131 cm³/mol. The van der Waals surface area contributed by atoms with Crippen molar-refractivity contribution in [3.05, 3.63) is 59.6 Å². The van der Waals surface area contributed by atoms with Gasteiger partial charge in [0.05, 0.1) is 34.3 Å². The standard InChI is InChI=1S/C24H25N5O3S/c1-5-32-24(31)28(4)17-10-8-16(9-11-17)26-23(30)18-13-20(21-7-6-12-33-21)27-22-19(18)14-25-29(22)15(2)3/h6-15H,5H2,1-4H3,(H,26,30). The van der Waals surface area contributed by atoms with Gasteiger partial charge in [0.15, 0.2) is 5.65 Å². The summed E-state index contributed by atoms with van der Waals surface area (Å²) in [7, 11) is 1.64. The Hall–Kier alpha value is -3.72. The number of amides is 2. The van der Waals surface area contributed by atoms with E-state index < -0.39 is 6.09 Å². The third kappa shape index (κ3) is 4.58. The number of nitrogens with one attached hydrogen (secondary N) is 1. The highest BCUT2D eigenvalue weighted by molar-refractivity contribution is 7.13. The van der Waals surface area contributed by atoms with Gasteiger partial charge in [0.2, 0.25) is 0 Å². The number of anilines is 2. The van der Waals surface area contributed by atoms with E-state index in [1.165, 1.54) is 4.90 Å². The van der Waals surface area contributed by atoms with Crippen molar-refractivity contribution in [2.24, 2.45) is 0 Å². The molecule has 0 saturated heterocycles. The van der Waals surface area contributed by atoms with Crippen molar-refractivity contribution in [1.82, 2.24) is 14.8 Å². The van der Waals surface area contributed by atoms with Gasteiger partial charge in [-0.1, -0.05) is 6.07 Å². The van der Waals surface area contributed by atoms with Crippen LogP contribution in [0.15, 0.2) is 54.0 Å². The molecular weight excluding hydrogens is 438 g/mol. The van der Waals surface area contributed by atoms with E-state index in [9.17, 15) is 9.59 Å². The van der Waals surface area contributed by atoms with E-state index in [0.29, 0.717) is 34.6 Å². The second kappa shape index (κ2) is 9.41. The number of nitrogens with zero attached hydrogens (tertiary/aromatic N) is 4. The van der Waals surface area contributed by atoms with Gasteiger partial charge in [-0.25, -0.2) is 14.5 Å². The molecule has 0 unspecified atom stereocenters. The normalized spacial score (nSPS) is 11.1. The number of hydrogen-bond donors (Lipinski definition) is 1. The molecule has 0 saturated carbocycles. The number of pyridine rings is 1. The topological polar surface area (TPSA) is 89.3 Å². The fourth-order valence-electron chi connectivity index (χ4n) is 3.43. The van der Waals surface area contributed by atoms with Gasteiger partial charge in [0.1, 0.15) is 0 Å². The Balaban J connectivity index is 1.65. The number of ether oxygens (including phenoxy) is 1. The summed E-state index contributed by atoms with van der Waals surface area (Å²) in [6.07, 6.45) is 1.25. The van der Waals surface area contributed by atoms with Gasteiger partial charge in [0, 0.05) is 24.5 Å². The van der Waals surface area contributed by atoms with E-state index in [4.69, 9.17) is 9.72 Å². The number of benzene rings is 1. The monoisotopic (exact) mass is 463 g/mol. The van der Waals surface area contributed by atoms with Gasteiger partial charge in [-0.05, 0) is 62.5 Å². The van der Waals surface area contributed by atoms with Gasteiger partial charge < -0.3 is 10.1 Å². The minimum atomic E-state index is -0.434. The maximum Gasteiger partial charge on any atom is 0.413 e. The Labute approximate surface area is 195 Å². The van der Waals surface area contributed by atoms with E-state index in [2.05, 4.69) is 10.4 Å². The fourth-order valence-corrected chi connectivity index (χ4v) is 4.11. The highest BCUT2D eigenvalue weighted by atomic mass is 32.1. The van der Waals surface area contributed by atoms with E-state index in [1.807, 2.05) is 36.0 Å². The van der Waals surface area contributed by atoms with Gasteiger partial charge in [-0.15, -0.1) is 11.3 Å². The molecule has 0 aliphatic heterocycles. The SMILES string of the molecule is CCOC(=O)N(C)c1ccc(NC(=O)c2cc(-c3cccs3)nc3c2cnn3C(C)C)cc1. The molecule has 3 heterocycles. The molecule has 2 amide bonds. The maximum absolute atomic E-state index is 13.3. The number of carbonyl (C=O) groups excluding carboxylic acids is 2.